The fraction of sp³-hybridized carbons (Fsp3) is 0.222. The second kappa shape index (κ2) is 12.5. The Labute approximate surface area is 243 Å². The number of pyridine rings is 1. The van der Waals surface area contributed by atoms with Crippen LogP contribution in [0.2, 0.25) is 5.02 Å². The van der Waals surface area contributed by atoms with Crippen LogP contribution in [-0.4, -0.2) is 48.7 Å². The van der Waals surface area contributed by atoms with Crippen molar-refractivity contribution < 1.29 is 30.7 Å². The quantitative estimate of drug-likeness (QED) is 0.167. The van der Waals surface area contributed by atoms with Crippen molar-refractivity contribution in [1.82, 2.24) is 20.3 Å². The SMILES string of the molecule is O=S(=O)(Cc1ccccc1Cl)Nc1c(F)cc(Oc2ncccc2-c2ccnc(N[C@@H]3CNC[C@@H](F)C3)n2)c(F)c1F. The lowest BCUT2D eigenvalue weighted by atomic mass is 10.1. The number of nitrogens with zero attached hydrogens (tertiary/aromatic N) is 3. The number of hydrogen-bond acceptors (Lipinski definition) is 8. The highest BCUT2D eigenvalue weighted by molar-refractivity contribution is 7.91. The molecule has 0 saturated carbocycles. The third kappa shape index (κ3) is 6.89. The van der Waals surface area contributed by atoms with Gasteiger partial charge < -0.3 is 15.4 Å². The molecule has 0 unspecified atom stereocenters. The summed E-state index contributed by atoms with van der Waals surface area (Å²) in [6, 6.07) is 10.9. The average molecular weight is 623 g/mol. The van der Waals surface area contributed by atoms with Crippen LogP contribution in [0, 0.1) is 17.5 Å². The molecule has 9 nitrogen and oxygen atoms in total. The summed E-state index contributed by atoms with van der Waals surface area (Å²) in [7, 11) is -4.38. The molecule has 3 heterocycles. The van der Waals surface area contributed by atoms with Crippen LogP contribution in [0.15, 0.2) is 60.9 Å². The Morgan fingerprint density at radius 1 is 1.02 bits per heavy atom. The number of halogens is 5. The largest absolute Gasteiger partial charge is 0.435 e. The topological polar surface area (TPSA) is 118 Å². The van der Waals surface area contributed by atoms with Crippen LogP contribution in [0.4, 0.5) is 29.2 Å². The lowest BCUT2D eigenvalue weighted by Crippen LogP contribution is -2.44. The molecular weight excluding hydrogens is 600 g/mol. The van der Waals surface area contributed by atoms with E-state index >= 15 is 4.39 Å². The molecule has 2 atom stereocenters. The summed E-state index contributed by atoms with van der Waals surface area (Å²) < 4.78 is 91.1. The molecule has 5 rings (SSSR count). The molecule has 15 heteroatoms. The van der Waals surface area contributed by atoms with Gasteiger partial charge in [0.05, 0.1) is 17.0 Å². The van der Waals surface area contributed by atoms with E-state index in [4.69, 9.17) is 16.3 Å². The number of benzene rings is 2. The van der Waals surface area contributed by atoms with E-state index in [0.29, 0.717) is 12.6 Å². The number of hydrogen-bond donors (Lipinski definition) is 3. The predicted octanol–water partition coefficient (Wildman–Crippen LogP) is 5.46. The van der Waals surface area contributed by atoms with E-state index < -0.39 is 50.8 Å². The molecule has 0 aliphatic carbocycles. The molecular formula is C27H23ClF4N6O3S. The molecule has 42 heavy (non-hydrogen) atoms. The first-order valence-corrected chi connectivity index (χ1v) is 14.6. The van der Waals surface area contributed by atoms with Crippen LogP contribution in [0.25, 0.3) is 11.3 Å². The van der Waals surface area contributed by atoms with Crippen molar-refractivity contribution in [2.45, 2.75) is 24.4 Å². The number of alkyl halides is 1. The van der Waals surface area contributed by atoms with Crippen molar-refractivity contribution in [3.05, 3.63) is 89.0 Å². The first kappa shape index (κ1) is 29.5. The highest BCUT2D eigenvalue weighted by Gasteiger charge is 2.26. The maximum absolute atomic E-state index is 15.1. The molecule has 220 valence electrons. The Hall–Kier alpha value is -4.01. The van der Waals surface area contributed by atoms with E-state index in [-0.39, 0.29) is 52.7 Å². The highest BCUT2D eigenvalue weighted by Crippen LogP contribution is 2.36. The molecule has 1 fully saturated rings. The van der Waals surface area contributed by atoms with Crippen LogP contribution in [0.3, 0.4) is 0 Å². The Balaban J connectivity index is 1.38. The standard InChI is InChI=1S/C27H23ClF4N6O3S/c28-19-6-2-1-4-15(19)14-42(39,40)38-25-20(30)11-22(23(31)24(25)32)41-26-18(5-3-8-34-26)21-7-9-35-27(37-21)36-17-10-16(29)12-33-13-17/h1-9,11,16-17,33,38H,10,12-14H2,(H,35,36,37)/t16-,17-/m0/s1. The number of aromatic nitrogens is 3. The lowest BCUT2D eigenvalue weighted by molar-refractivity contribution is 0.254. The summed E-state index contributed by atoms with van der Waals surface area (Å²) in [5.74, 6) is -6.53. The summed E-state index contributed by atoms with van der Waals surface area (Å²) in [6.07, 6.45) is 2.01. The van der Waals surface area contributed by atoms with Crippen LogP contribution in [0.1, 0.15) is 12.0 Å². The average Bonchev–Trinajstić information content (AvgIpc) is 2.95. The maximum atomic E-state index is 15.1. The third-order valence-electron chi connectivity index (χ3n) is 6.23. The number of anilines is 2. The second-order valence-corrected chi connectivity index (χ2v) is 11.5. The van der Waals surface area contributed by atoms with Crippen LogP contribution in [0.5, 0.6) is 11.6 Å². The van der Waals surface area contributed by atoms with E-state index in [0.717, 1.165) is 0 Å². The summed E-state index contributed by atoms with van der Waals surface area (Å²) in [6.45, 7) is 0.778. The first-order chi connectivity index (χ1) is 20.1. The molecule has 1 aliphatic heterocycles. The van der Waals surface area contributed by atoms with Gasteiger partial charge in [0.15, 0.2) is 17.4 Å². The fourth-order valence-electron chi connectivity index (χ4n) is 4.28. The first-order valence-electron chi connectivity index (χ1n) is 12.6. The van der Waals surface area contributed by atoms with Crippen molar-refractivity contribution >= 4 is 33.3 Å². The van der Waals surface area contributed by atoms with E-state index in [1.54, 1.807) is 22.9 Å². The van der Waals surface area contributed by atoms with Crippen molar-refractivity contribution in [1.29, 1.82) is 0 Å². The molecule has 1 saturated heterocycles. The van der Waals surface area contributed by atoms with Gasteiger partial charge in [0, 0.05) is 49.0 Å². The zero-order valence-corrected chi connectivity index (χ0v) is 23.2. The lowest BCUT2D eigenvalue weighted by Gasteiger charge is -2.26. The van der Waals surface area contributed by atoms with Crippen LogP contribution in [-0.2, 0) is 15.8 Å². The van der Waals surface area contributed by atoms with Crippen molar-refractivity contribution in [3.8, 4) is 22.9 Å². The molecule has 3 N–H and O–H groups in total. The van der Waals surface area contributed by atoms with Gasteiger partial charge in [-0.25, -0.2) is 36.5 Å². The van der Waals surface area contributed by atoms with Gasteiger partial charge in [-0.3, -0.25) is 4.72 Å². The summed E-state index contributed by atoms with van der Waals surface area (Å²) in [5, 5.41) is 6.15. The highest BCUT2D eigenvalue weighted by atomic mass is 35.5. The molecule has 2 aromatic heterocycles. The minimum absolute atomic E-state index is 0.135. The Bertz CT molecular complexity index is 1720. The van der Waals surface area contributed by atoms with Gasteiger partial charge in [-0.1, -0.05) is 29.8 Å². The monoisotopic (exact) mass is 622 g/mol. The summed E-state index contributed by atoms with van der Waals surface area (Å²) in [5.41, 5.74) is -0.521. The summed E-state index contributed by atoms with van der Waals surface area (Å²) in [4.78, 5) is 12.6. The van der Waals surface area contributed by atoms with Crippen molar-refractivity contribution in [3.63, 3.8) is 0 Å². The Kier molecular flexibility index (Phi) is 8.75. The minimum atomic E-state index is -4.38. The van der Waals surface area contributed by atoms with Crippen LogP contribution < -0.4 is 20.1 Å². The predicted molar refractivity (Wildman–Crippen MR) is 149 cm³/mol. The third-order valence-corrected chi connectivity index (χ3v) is 7.80. The molecule has 0 radical (unpaired) electrons. The van der Waals surface area contributed by atoms with Crippen molar-refractivity contribution in [2.24, 2.45) is 0 Å². The number of sulfonamides is 1. The normalized spacial score (nSPS) is 17.1. The van der Waals surface area contributed by atoms with E-state index in [2.05, 4.69) is 25.6 Å². The van der Waals surface area contributed by atoms with Crippen molar-refractivity contribution in [2.75, 3.05) is 23.1 Å². The Morgan fingerprint density at radius 3 is 2.62 bits per heavy atom. The fourth-order valence-corrected chi connectivity index (χ4v) is 5.80. The molecule has 4 aromatic rings. The number of rotatable bonds is 9. The van der Waals surface area contributed by atoms with Gasteiger partial charge in [0.25, 0.3) is 0 Å². The summed E-state index contributed by atoms with van der Waals surface area (Å²) >= 11 is 5.98. The van der Waals surface area contributed by atoms with Gasteiger partial charge in [-0.15, -0.1) is 0 Å². The number of piperidine rings is 1. The smallest absolute Gasteiger partial charge is 0.237 e. The Morgan fingerprint density at radius 2 is 1.83 bits per heavy atom. The maximum Gasteiger partial charge on any atom is 0.237 e. The zero-order valence-electron chi connectivity index (χ0n) is 21.6. The second-order valence-electron chi connectivity index (χ2n) is 9.37. The molecule has 0 bridgehead atoms. The van der Waals surface area contributed by atoms with E-state index in [9.17, 15) is 21.6 Å². The molecule has 0 spiro atoms. The molecule has 2 aromatic carbocycles. The zero-order chi connectivity index (χ0) is 29.9. The van der Waals surface area contributed by atoms with Gasteiger partial charge in [-0.2, -0.15) is 4.39 Å². The van der Waals surface area contributed by atoms with Crippen LogP contribution >= 0.6 is 11.6 Å². The van der Waals surface area contributed by atoms with E-state index in [1.807, 2.05) is 0 Å². The van der Waals surface area contributed by atoms with Gasteiger partial charge in [0.1, 0.15) is 11.9 Å². The number of ether oxygens (including phenoxy) is 1. The van der Waals surface area contributed by atoms with E-state index in [1.165, 1.54) is 36.7 Å². The van der Waals surface area contributed by atoms with Gasteiger partial charge >= 0.3 is 0 Å². The molecule has 1 aliphatic rings. The molecule has 0 amide bonds. The van der Waals surface area contributed by atoms with Gasteiger partial charge in [0.2, 0.25) is 27.7 Å². The van der Waals surface area contributed by atoms with Gasteiger partial charge in [-0.05, 0) is 29.8 Å². The number of nitrogens with one attached hydrogen (secondary N) is 3. The minimum Gasteiger partial charge on any atom is -0.435 e.